The van der Waals surface area contributed by atoms with Gasteiger partial charge in [0.1, 0.15) is 5.69 Å². The molecule has 1 atom stereocenters. The number of esters is 1. The Labute approximate surface area is 164 Å². The summed E-state index contributed by atoms with van der Waals surface area (Å²) in [6.07, 6.45) is -1.10. The summed E-state index contributed by atoms with van der Waals surface area (Å²) in [5.41, 5.74) is 0.792. The van der Waals surface area contributed by atoms with Crippen LogP contribution in [0.25, 0.3) is 11.0 Å². The molecule has 0 bridgehead atoms. The zero-order valence-electron chi connectivity index (χ0n) is 15.4. The number of anilines is 1. The lowest BCUT2D eigenvalue weighted by Gasteiger charge is -2.15. The van der Waals surface area contributed by atoms with Crippen molar-refractivity contribution in [3.8, 4) is 0 Å². The Morgan fingerprint density at radius 1 is 1.24 bits per heavy atom. The number of hydrogen-bond acceptors (Lipinski definition) is 6. The predicted molar refractivity (Wildman–Crippen MR) is 102 cm³/mol. The van der Waals surface area contributed by atoms with Gasteiger partial charge in [-0.3, -0.25) is 19.5 Å². The van der Waals surface area contributed by atoms with Gasteiger partial charge in [-0.2, -0.15) is 8.78 Å². The molecule has 0 spiro atoms. The average Bonchev–Trinajstić information content (AvgIpc) is 3.08. The molecule has 0 radical (unpaired) electrons. The molecule has 0 aliphatic heterocycles. The number of alkyl halides is 2. The first kappa shape index (κ1) is 20.2. The van der Waals surface area contributed by atoms with Gasteiger partial charge >= 0.3 is 12.5 Å². The van der Waals surface area contributed by atoms with Gasteiger partial charge in [-0.1, -0.05) is 24.3 Å². The number of nitro benzene ring substituents is 1. The van der Waals surface area contributed by atoms with E-state index in [0.717, 1.165) is 4.57 Å². The maximum absolute atomic E-state index is 13.5. The van der Waals surface area contributed by atoms with Gasteiger partial charge in [0.25, 0.3) is 5.69 Å². The van der Waals surface area contributed by atoms with E-state index < -0.39 is 23.5 Å². The Morgan fingerprint density at radius 3 is 2.66 bits per heavy atom. The van der Waals surface area contributed by atoms with Crippen molar-refractivity contribution in [1.29, 1.82) is 0 Å². The summed E-state index contributed by atoms with van der Waals surface area (Å²) in [5, 5.41) is 13.8. The fourth-order valence-electron chi connectivity index (χ4n) is 2.95. The molecule has 3 aromatic rings. The standard InChI is InChI=1S/C19H18F2N4O4/c1-12(18-23-14-7-3-4-8-15(14)24(18)19(20)21)29-17(26)10-11-22-13-6-2-5-9-16(13)25(27)28/h2-9,12,19,22H,10-11H2,1H3. The van der Waals surface area contributed by atoms with Crippen molar-refractivity contribution in [1.82, 2.24) is 9.55 Å². The van der Waals surface area contributed by atoms with Crippen LogP contribution in [0.3, 0.4) is 0 Å². The lowest BCUT2D eigenvalue weighted by Crippen LogP contribution is -2.17. The number of ether oxygens (including phenoxy) is 1. The SMILES string of the molecule is CC(OC(=O)CCNc1ccccc1[N+](=O)[O-])c1nc2ccccc2n1C(F)F. The van der Waals surface area contributed by atoms with Crippen molar-refractivity contribution < 1.29 is 23.2 Å². The fraction of sp³-hybridized carbons (Fsp3) is 0.263. The zero-order valence-corrected chi connectivity index (χ0v) is 15.4. The number of halogens is 2. The first-order chi connectivity index (χ1) is 13.9. The molecule has 8 nitrogen and oxygen atoms in total. The van der Waals surface area contributed by atoms with Gasteiger partial charge in [-0.25, -0.2) is 4.98 Å². The number of hydrogen-bond donors (Lipinski definition) is 1. The van der Waals surface area contributed by atoms with Crippen LogP contribution >= 0.6 is 0 Å². The Kier molecular flexibility index (Phi) is 6.01. The molecule has 29 heavy (non-hydrogen) atoms. The number of aromatic nitrogens is 2. The van der Waals surface area contributed by atoms with E-state index in [4.69, 9.17) is 4.74 Å². The number of nitrogens with zero attached hydrogens (tertiary/aromatic N) is 3. The summed E-state index contributed by atoms with van der Waals surface area (Å²) < 4.78 is 33.0. The van der Waals surface area contributed by atoms with Gasteiger partial charge in [-0.05, 0) is 25.1 Å². The molecule has 3 rings (SSSR count). The smallest absolute Gasteiger partial charge is 0.320 e. The molecule has 1 N–H and O–H groups in total. The van der Waals surface area contributed by atoms with E-state index >= 15 is 0 Å². The third kappa shape index (κ3) is 4.48. The largest absolute Gasteiger partial charge is 0.454 e. The molecule has 0 amide bonds. The first-order valence-electron chi connectivity index (χ1n) is 8.80. The van der Waals surface area contributed by atoms with Gasteiger partial charge in [0, 0.05) is 12.6 Å². The number of nitro groups is 1. The molecular weight excluding hydrogens is 386 g/mol. The van der Waals surface area contributed by atoms with Crippen LogP contribution in [0, 0.1) is 10.1 Å². The van der Waals surface area contributed by atoms with E-state index in [1.807, 2.05) is 0 Å². The monoisotopic (exact) mass is 404 g/mol. The van der Waals surface area contributed by atoms with Crippen LogP contribution in [0.15, 0.2) is 48.5 Å². The lowest BCUT2D eigenvalue weighted by molar-refractivity contribution is -0.384. The van der Waals surface area contributed by atoms with Crippen LogP contribution < -0.4 is 5.32 Å². The van der Waals surface area contributed by atoms with Crippen molar-refractivity contribution in [3.63, 3.8) is 0 Å². The minimum atomic E-state index is -2.83. The summed E-state index contributed by atoms with van der Waals surface area (Å²) in [6.45, 7) is -1.28. The van der Waals surface area contributed by atoms with Crippen LogP contribution in [0.5, 0.6) is 0 Å². The number of benzene rings is 2. The fourth-order valence-corrected chi connectivity index (χ4v) is 2.95. The van der Waals surface area contributed by atoms with E-state index in [1.165, 1.54) is 31.2 Å². The first-order valence-corrected chi connectivity index (χ1v) is 8.80. The van der Waals surface area contributed by atoms with Gasteiger partial charge < -0.3 is 10.1 Å². The lowest BCUT2D eigenvalue weighted by atomic mass is 10.2. The second-order valence-corrected chi connectivity index (χ2v) is 6.19. The quantitative estimate of drug-likeness (QED) is 0.338. The Balaban J connectivity index is 1.64. The Hall–Kier alpha value is -3.56. The topological polar surface area (TPSA) is 99.3 Å². The van der Waals surface area contributed by atoms with E-state index in [-0.39, 0.29) is 35.7 Å². The van der Waals surface area contributed by atoms with Gasteiger partial charge in [0.2, 0.25) is 0 Å². The molecule has 0 fully saturated rings. The molecule has 1 unspecified atom stereocenters. The Morgan fingerprint density at radius 2 is 1.93 bits per heavy atom. The van der Waals surface area contributed by atoms with E-state index in [1.54, 1.807) is 24.3 Å². The van der Waals surface area contributed by atoms with Crippen molar-refractivity contribution >= 4 is 28.4 Å². The molecule has 1 aromatic heterocycles. The molecule has 152 valence electrons. The summed E-state index contributed by atoms with van der Waals surface area (Å²) in [5.74, 6) is -0.697. The van der Waals surface area contributed by atoms with Crippen molar-refractivity contribution in [3.05, 3.63) is 64.5 Å². The van der Waals surface area contributed by atoms with E-state index in [9.17, 15) is 23.7 Å². The highest BCUT2D eigenvalue weighted by molar-refractivity contribution is 5.76. The number of nitrogens with one attached hydrogen (secondary N) is 1. The third-order valence-electron chi connectivity index (χ3n) is 4.24. The predicted octanol–water partition coefficient (Wildman–Crippen LogP) is 4.45. The molecule has 0 aliphatic rings. The van der Waals surface area contributed by atoms with Gasteiger partial charge in [0.05, 0.1) is 22.4 Å². The van der Waals surface area contributed by atoms with Crippen LogP contribution in [-0.2, 0) is 9.53 Å². The van der Waals surface area contributed by atoms with Crippen molar-refractivity contribution in [2.45, 2.75) is 26.0 Å². The highest BCUT2D eigenvalue weighted by Crippen LogP contribution is 2.28. The summed E-state index contributed by atoms with van der Waals surface area (Å²) in [4.78, 5) is 26.7. The Bertz CT molecular complexity index is 1040. The number of carbonyl (C=O) groups excluding carboxylic acids is 1. The van der Waals surface area contributed by atoms with Crippen LogP contribution in [0.2, 0.25) is 0 Å². The minimum absolute atomic E-state index is 0.0544. The summed E-state index contributed by atoms with van der Waals surface area (Å²) in [6, 6.07) is 12.5. The number of imidazole rings is 1. The highest BCUT2D eigenvalue weighted by Gasteiger charge is 2.24. The molecular formula is C19H18F2N4O4. The van der Waals surface area contributed by atoms with Crippen LogP contribution in [-0.4, -0.2) is 27.0 Å². The minimum Gasteiger partial charge on any atom is -0.454 e. The van der Waals surface area contributed by atoms with E-state index in [0.29, 0.717) is 5.52 Å². The molecule has 1 heterocycles. The molecule has 10 heteroatoms. The second kappa shape index (κ2) is 8.63. The molecule has 0 saturated carbocycles. The molecule has 0 saturated heterocycles. The maximum Gasteiger partial charge on any atom is 0.320 e. The summed E-state index contributed by atoms with van der Waals surface area (Å²) >= 11 is 0. The normalized spacial score (nSPS) is 12.1. The third-order valence-corrected chi connectivity index (χ3v) is 4.24. The number of para-hydroxylation sites is 4. The van der Waals surface area contributed by atoms with Crippen LogP contribution in [0.4, 0.5) is 20.2 Å². The molecule has 2 aromatic carbocycles. The van der Waals surface area contributed by atoms with E-state index in [2.05, 4.69) is 10.3 Å². The number of rotatable bonds is 8. The van der Waals surface area contributed by atoms with Gasteiger partial charge in [-0.15, -0.1) is 0 Å². The van der Waals surface area contributed by atoms with Crippen molar-refractivity contribution in [2.24, 2.45) is 0 Å². The number of carbonyl (C=O) groups is 1. The molecule has 0 aliphatic carbocycles. The second-order valence-electron chi connectivity index (χ2n) is 6.19. The average molecular weight is 404 g/mol. The zero-order chi connectivity index (χ0) is 21.0. The highest BCUT2D eigenvalue weighted by atomic mass is 19.3. The number of fused-ring (bicyclic) bond motifs is 1. The maximum atomic E-state index is 13.5. The van der Waals surface area contributed by atoms with Crippen LogP contribution in [0.1, 0.15) is 31.8 Å². The summed E-state index contributed by atoms with van der Waals surface area (Å²) in [7, 11) is 0. The van der Waals surface area contributed by atoms with Gasteiger partial charge in [0.15, 0.2) is 11.9 Å². The van der Waals surface area contributed by atoms with Crippen molar-refractivity contribution in [2.75, 3.05) is 11.9 Å².